The molecule has 0 unspecified atom stereocenters. The van der Waals surface area contributed by atoms with Crippen LogP contribution in [0.4, 0.5) is 0 Å². The van der Waals surface area contributed by atoms with Crippen molar-refractivity contribution in [3.8, 4) is 0 Å². The SMILES string of the molecule is C[C@H](NC(=O)CN1CCN(CC(=O)N[C@@H](C)c2ccccc2)CCN(Cc2ccc3c4nccnc4c4cccnc4c3n2)CCN(CC(=O)N[C@@H](C)c2ccccc2)CC1)c1ccccc1. The van der Waals surface area contributed by atoms with Crippen molar-refractivity contribution < 1.29 is 14.4 Å². The molecule has 67 heavy (non-hydrogen) atoms. The van der Waals surface area contributed by atoms with Crippen LogP contribution in [0.3, 0.4) is 0 Å². The Morgan fingerprint density at radius 2 is 0.791 bits per heavy atom. The highest BCUT2D eigenvalue weighted by Crippen LogP contribution is 2.30. The zero-order valence-corrected chi connectivity index (χ0v) is 38.7. The molecule has 1 saturated heterocycles. The molecule has 8 rings (SSSR count). The quantitative estimate of drug-likeness (QED) is 0.109. The van der Waals surface area contributed by atoms with Crippen LogP contribution >= 0.6 is 0 Å². The third-order valence-corrected chi connectivity index (χ3v) is 12.6. The van der Waals surface area contributed by atoms with Gasteiger partial charge in [-0.3, -0.25) is 48.9 Å². The normalized spacial score (nSPS) is 16.4. The number of pyridine rings is 2. The maximum Gasteiger partial charge on any atom is 0.234 e. The van der Waals surface area contributed by atoms with Gasteiger partial charge in [0.25, 0.3) is 0 Å². The molecule has 3 amide bonds. The lowest BCUT2D eigenvalue weighted by atomic mass is 10.1. The Bertz CT molecular complexity index is 2630. The zero-order valence-electron chi connectivity index (χ0n) is 38.7. The number of rotatable bonds is 14. The molecule has 4 aromatic carbocycles. The number of amides is 3. The number of aromatic nitrogens is 4. The van der Waals surface area contributed by atoms with Crippen LogP contribution < -0.4 is 16.0 Å². The predicted octanol–water partition coefficient (Wildman–Crippen LogP) is 6.08. The van der Waals surface area contributed by atoms with E-state index in [0.29, 0.717) is 58.9 Å². The summed E-state index contributed by atoms with van der Waals surface area (Å²) in [7, 11) is 0. The summed E-state index contributed by atoms with van der Waals surface area (Å²) >= 11 is 0. The van der Waals surface area contributed by atoms with Crippen molar-refractivity contribution in [2.45, 2.75) is 45.4 Å². The second kappa shape index (κ2) is 22.7. The first-order valence-electron chi connectivity index (χ1n) is 23.4. The summed E-state index contributed by atoms with van der Waals surface area (Å²) in [6.45, 7) is 11.7. The largest absolute Gasteiger partial charge is 0.348 e. The lowest BCUT2D eigenvalue weighted by molar-refractivity contribution is -0.125. The van der Waals surface area contributed by atoms with E-state index in [1.54, 1.807) is 18.6 Å². The van der Waals surface area contributed by atoms with Crippen LogP contribution in [0.25, 0.3) is 32.8 Å². The van der Waals surface area contributed by atoms with Crippen molar-refractivity contribution in [1.82, 2.24) is 55.5 Å². The van der Waals surface area contributed by atoms with E-state index in [1.165, 1.54) is 0 Å². The summed E-state index contributed by atoms with van der Waals surface area (Å²) < 4.78 is 0. The number of benzene rings is 4. The molecule has 14 heteroatoms. The van der Waals surface area contributed by atoms with Gasteiger partial charge in [0.15, 0.2) is 0 Å². The van der Waals surface area contributed by atoms with E-state index in [1.807, 2.05) is 124 Å². The molecule has 3 atom stereocenters. The van der Waals surface area contributed by atoms with Gasteiger partial charge >= 0.3 is 0 Å². The monoisotopic (exact) mass is 899 g/mol. The minimum Gasteiger partial charge on any atom is -0.348 e. The molecule has 4 heterocycles. The molecule has 3 aromatic heterocycles. The molecule has 1 fully saturated rings. The van der Waals surface area contributed by atoms with E-state index in [9.17, 15) is 14.4 Å². The third kappa shape index (κ3) is 12.6. The summed E-state index contributed by atoms with van der Waals surface area (Å²) in [5.41, 5.74) is 7.11. The highest BCUT2D eigenvalue weighted by molar-refractivity contribution is 6.20. The minimum atomic E-state index is -0.161. The molecular weight excluding hydrogens is 839 g/mol. The summed E-state index contributed by atoms with van der Waals surface area (Å²) in [6, 6.07) is 37.4. The van der Waals surface area contributed by atoms with E-state index < -0.39 is 0 Å². The van der Waals surface area contributed by atoms with Gasteiger partial charge in [-0.1, -0.05) is 91.0 Å². The molecule has 0 spiro atoms. The predicted molar refractivity (Wildman–Crippen MR) is 264 cm³/mol. The maximum atomic E-state index is 13.8. The van der Waals surface area contributed by atoms with E-state index in [-0.39, 0.29) is 55.5 Å². The van der Waals surface area contributed by atoms with Crippen molar-refractivity contribution in [2.75, 3.05) is 72.0 Å². The van der Waals surface area contributed by atoms with E-state index >= 15 is 0 Å². The van der Waals surface area contributed by atoms with Crippen LogP contribution in [-0.4, -0.2) is 129 Å². The van der Waals surface area contributed by atoms with Gasteiger partial charge in [-0.2, -0.15) is 0 Å². The first-order chi connectivity index (χ1) is 32.7. The smallest absolute Gasteiger partial charge is 0.234 e. The molecule has 0 saturated carbocycles. The lowest BCUT2D eigenvalue weighted by Crippen LogP contribution is -2.50. The fraction of sp³-hybridized carbons (Fsp3) is 0.340. The first kappa shape index (κ1) is 46.8. The molecular formula is C53H61N11O3. The highest BCUT2D eigenvalue weighted by Gasteiger charge is 2.23. The third-order valence-electron chi connectivity index (χ3n) is 12.6. The van der Waals surface area contributed by atoms with Gasteiger partial charge in [0.05, 0.1) is 65.5 Å². The van der Waals surface area contributed by atoms with Crippen molar-refractivity contribution in [2.24, 2.45) is 0 Å². The molecule has 7 aromatic rings. The van der Waals surface area contributed by atoms with Gasteiger partial charge in [-0.25, -0.2) is 4.98 Å². The van der Waals surface area contributed by atoms with Crippen LogP contribution in [0.5, 0.6) is 0 Å². The van der Waals surface area contributed by atoms with Gasteiger partial charge in [-0.15, -0.1) is 0 Å². The molecule has 0 aliphatic carbocycles. The zero-order chi connectivity index (χ0) is 46.5. The number of hydrogen-bond acceptors (Lipinski definition) is 11. The van der Waals surface area contributed by atoms with Crippen molar-refractivity contribution in [3.63, 3.8) is 0 Å². The first-order valence-corrected chi connectivity index (χ1v) is 23.4. The number of fused-ring (bicyclic) bond motifs is 6. The molecule has 0 bridgehead atoms. The second-order valence-electron chi connectivity index (χ2n) is 17.6. The van der Waals surface area contributed by atoms with Gasteiger partial charge < -0.3 is 16.0 Å². The Hall–Kier alpha value is -6.71. The fourth-order valence-electron chi connectivity index (χ4n) is 8.86. The van der Waals surface area contributed by atoms with Gasteiger partial charge in [0.2, 0.25) is 17.7 Å². The van der Waals surface area contributed by atoms with Crippen molar-refractivity contribution in [1.29, 1.82) is 0 Å². The summed E-state index contributed by atoms with van der Waals surface area (Å²) in [5, 5.41) is 11.4. The number of carbonyl (C=O) groups excluding carboxylic acids is 3. The van der Waals surface area contributed by atoms with Crippen molar-refractivity contribution >= 4 is 50.6 Å². The summed E-state index contributed by atoms with van der Waals surface area (Å²) in [4.78, 5) is 69.5. The van der Waals surface area contributed by atoms with Crippen molar-refractivity contribution in [3.05, 3.63) is 156 Å². The van der Waals surface area contributed by atoms with Crippen LogP contribution in [0.2, 0.25) is 0 Å². The van der Waals surface area contributed by atoms with E-state index in [4.69, 9.17) is 15.0 Å². The Balaban J connectivity index is 1.05. The van der Waals surface area contributed by atoms with E-state index in [2.05, 4.69) is 52.7 Å². The molecule has 0 radical (unpaired) electrons. The van der Waals surface area contributed by atoms with Crippen LogP contribution in [-0.2, 0) is 20.9 Å². The van der Waals surface area contributed by atoms with E-state index in [0.717, 1.165) is 55.2 Å². The van der Waals surface area contributed by atoms with Gasteiger partial charge in [0, 0.05) is 88.3 Å². The fourth-order valence-corrected chi connectivity index (χ4v) is 8.86. The molecule has 346 valence electrons. The highest BCUT2D eigenvalue weighted by atomic mass is 16.2. The summed E-state index contributed by atoms with van der Waals surface area (Å²) in [6.07, 6.45) is 5.19. The lowest BCUT2D eigenvalue weighted by Gasteiger charge is -2.34. The Morgan fingerprint density at radius 1 is 0.433 bits per heavy atom. The van der Waals surface area contributed by atoms with Gasteiger partial charge in [-0.05, 0) is 61.7 Å². The average Bonchev–Trinajstić information content (AvgIpc) is 3.35. The number of carbonyl (C=O) groups is 3. The van der Waals surface area contributed by atoms with Crippen LogP contribution in [0, 0.1) is 0 Å². The number of hydrogen-bond donors (Lipinski definition) is 3. The molecule has 1 aliphatic rings. The Labute approximate surface area is 392 Å². The topological polar surface area (TPSA) is 152 Å². The minimum absolute atomic E-state index is 0.0659. The molecule has 14 nitrogen and oxygen atoms in total. The average molecular weight is 900 g/mol. The second-order valence-corrected chi connectivity index (χ2v) is 17.6. The molecule has 3 N–H and O–H groups in total. The standard InChI is InChI=1S/C53H61N11O3/c1-38(41-14-7-4-8-15-41)57-47(65)35-62-28-26-61(34-44-21-22-46-51-50(55-24-25-56-51)45-20-13-23-54-52(45)53(46)60-44)27-29-63(36-48(66)58-39(2)42-16-9-5-10-17-42)31-33-64(32-30-62)37-49(67)59-40(3)43-18-11-6-12-19-43/h4-25,38-40H,26-37H2,1-3H3,(H,57,65)(H,58,66)(H,59,67)/t38-,39-,40-/m0/s1. The Kier molecular flexibility index (Phi) is 15.8. The van der Waals surface area contributed by atoms with Crippen LogP contribution in [0.15, 0.2) is 134 Å². The Morgan fingerprint density at radius 3 is 1.21 bits per heavy atom. The van der Waals surface area contributed by atoms with Crippen LogP contribution in [0.1, 0.15) is 61.3 Å². The maximum absolute atomic E-state index is 13.8. The van der Waals surface area contributed by atoms with Gasteiger partial charge in [0.1, 0.15) is 0 Å². The number of nitrogens with zero attached hydrogens (tertiary/aromatic N) is 8. The summed E-state index contributed by atoms with van der Waals surface area (Å²) in [5.74, 6) is -0.213. The number of nitrogens with one attached hydrogen (secondary N) is 3. The molecule has 1 aliphatic heterocycles.